The van der Waals surface area contributed by atoms with Crippen LogP contribution in [-0.4, -0.2) is 50.0 Å². The van der Waals surface area contributed by atoms with Crippen molar-refractivity contribution in [3.63, 3.8) is 0 Å². The fourth-order valence-corrected chi connectivity index (χ4v) is 6.32. The van der Waals surface area contributed by atoms with Crippen LogP contribution in [0.4, 0.5) is 5.95 Å². The van der Waals surface area contributed by atoms with Crippen LogP contribution in [0, 0.1) is 0 Å². The molecule has 3 heterocycles. The zero-order chi connectivity index (χ0) is 26.2. The van der Waals surface area contributed by atoms with Crippen LogP contribution in [0.2, 0.25) is 0 Å². The number of carbonyl (C=O) groups is 1. The number of rotatable bonds is 7. The molecule has 0 bridgehead atoms. The lowest BCUT2D eigenvalue weighted by Crippen LogP contribution is -2.45. The first-order chi connectivity index (χ1) is 17.7. The number of nitrogens with zero attached hydrogens (tertiary/aromatic N) is 4. The number of nitrogens with two attached hydrogens (primary N) is 1. The van der Waals surface area contributed by atoms with Crippen molar-refractivity contribution >= 4 is 21.7 Å². The number of H-pyrrole nitrogens is 1. The smallest absolute Gasteiger partial charge is 0.348 e. The van der Waals surface area contributed by atoms with Crippen molar-refractivity contribution in [3.8, 4) is 0 Å². The van der Waals surface area contributed by atoms with E-state index in [0.29, 0.717) is 11.9 Å². The number of imidazole rings is 1. The monoisotopic (exact) mass is 527 g/mol. The summed E-state index contributed by atoms with van der Waals surface area (Å²) in [5.74, 6) is -0.113. The van der Waals surface area contributed by atoms with Crippen LogP contribution in [0.15, 0.2) is 63.2 Å². The molecule has 1 saturated carbocycles. The molecule has 0 spiro atoms. The van der Waals surface area contributed by atoms with Crippen molar-refractivity contribution in [3.05, 3.63) is 75.3 Å². The van der Waals surface area contributed by atoms with E-state index in [1.807, 2.05) is 0 Å². The average Bonchev–Trinajstić information content (AvgIpc) is 3.44. The lowest BCUT2D eigenvalue weighted by atomic mass is 9.84. The van der Waals surface area contributed by atoms with Crippen molar-refractivity contribution in [2.45, 2.75) is 61.7 Å². The van der Waals surface area contributed by atoms with Crippen molar-refractivity contribution in [1.82, 2.24) is 29.2 Å². The molecule has 1 aliphatic heterocycles. The molecule has 196 valence electrons. The topological polar surface area (TPSA) is 167 Å². The Morgan fingerprint density at radius 2 is 1.84 bits per heavy atom. The van der Waals surface area contributed by atoms with Gasteiger partial charge in [0, 0.05) is 24.2 Å². The second-order valence-corrected chi connectivity index (χ2v) is 11.5. The minimum absolute atomic E-state index is 0.0617. The molecule has 0 radical (unpaired) electrons. The molecule has 37 heavy (non-hydrogen) atoms. The third kappa shape index (κ3) is 4.90. The summed E-state index contributed by atoms with van der Waals surface area (Å²) in [5, 5.41) is 3.02. The average molecular weight is 528 g/mol. The van der Waals surface area contributed by atoms with E-state index < -0.39 is 33.0 Å². The zero-order valence-corrected chi connectivity index (χ0v) is 20.9. The number of fused-ring (bicyclic) bond motifs is 1. The van der Waals surface area contributed by atoms with E-state index in [4.69, 9.17) is 5.73 Å². The van der Waals surface area contributed by atoms with Gasteiger partial charge in [-0.15, -0.1) is 0 Å². The number of carbonyl (C=O) groups excluding carboxylic acids is 1. The highest BCUT2D eigenvalue weighted by Gasteiger charge is 2.31. The molecule has 12 nitrogen and oxygen atoms in total. The Labute approximate surface area is 212 Å². The van der Waals surface area contributed by atoms with Crippen LogP contribution in [0.3, 0.4) is 0 Å². The molecule has 2 aromatic heterocycles. The number of nitrogen functional groups attached to an aromatic ring is 1. The SMILES string of the molecule is Nc1ncc(C2CCC(NC(=O)[C@@H]3C=CCn4c(=O)n(CCS(=O)(=O)c5ccccc5)c(=O)n43)CC2)[nH]1. The Hall–Kier alpha value is -3.87. The van der Waals surface area contributed by atoms with Gasteiger partial charge >= 0.3 is 11.4 Å². The third-order valence-electron chi connectivity index (χ3n) is 7.08. The van der Waals surface area contributed by atoms with Crippen LogP contribution in [0.5, 0.6) is 0 Å². The standard InChI is InChI=1S/C24H29N7O5S/c25-22-26-15-19(28-22)16-8-10-17(11-9-16)27-21(32)20-7-4-12-30-23(33)29(24(34)31(20)30)13-14-37(35,36)18-5-2-1-3-6-18/h1-7,15-17,20H,8-14H2,(H,27,32)(H3,25,26,28)/t16?,17?,20-/m0/s1. The van der Waals surface area contributed by atoms with Crippen LogP contribution in [0.25, 0.3) is 0 Å². The van der Waals surface area contributed by atoms with E-state index in [9.17, 15) is 22.8 Å². The molecule has 4 N–H and O–H groups in total. The first kappa shape index (κ1) is 24.8. The lowest BCUT2D eigenvalue weighted by Gasteiger charge is -2.30. The summed E-state index contributed by atoms with van der Waals surface area (Å²) in [6, 6.07) is 6.81. The minimum atomic E-state index is -3.69. The molecule has 0 unspecified atom stereocenters. The van der Waals surface area contributed by atoms with Gasteiger partial charge in [-0.3, -0.25) is 4.79 Å². The predicted octanol–water partition coefficient (Wildman–Crippen LogP) is 0.544. The molecule has 13 heteroatoms. The number of amides is 1. The summed E-state index contributed by atoms with van der Waals surface area (Å²) < 4.78 is 28.5. The summed E-state index contributed by atoms with van der Waals surface area (Å²) in [6.07, 6.45) is 8.22. The van der Waals surface area contributed by atoms with Crippen molar-refractivity contribution in [1.29, 1.82) is 0 Å². The van der Waals surface area contributed by atoms with E-state index >= 15 is 0 Å². The number of anilines is 1. The normalized spacial score (nSPS) is 21.5. The number of hydrogen-bond donors (Lipinski definition) is 3. The highest BCUT2D eigenvalue weighted by molar-refractivity contribution is 7.91. The maximum absolute atomic E-state index is 13.2. The van der Waals surface area contributed by atoms with Gasteiger partial charge in [0.05, 0.1) is 23.4 Å². The zero-order valence-electron chi connectivity index (χ0n) is 20.1. The summed E-state index contributed by atoms with van der Waals surface area (Å²) in [6.45, 7) is -0.187. The maximum Gasteiger partial charge on any atom is 0.348 e. The fourth-order valence-electron chi connectivity index (χ4n) is 5.09. The van der Waals surface area contributed by atoms with Crippen LogP contribution >= 0.6 is 0 Å². The van der Waals surface area contributed by atoms with Gasteiger partial charge < -0.3 is 16.0 Å². The fraction of sp³-hybridized carbons (Fsp3) is 0.417. The van der Waals surface area contributed by atoms with Gasteiger partial charge in [-0.1, -0.05) is 30.4 Å². The lowest BCUT2D eigenvalue weighted by molar-refractivity contribution is -0.124. The Kier molecular flexibility index (Phi) is 6.63. The van der Waals surface area contributed by atoms with E-state index in [1.165, 1.54) is 16.8 Å². The van der Waals surface area contributed by atoms with E-state index in [0.717, 1.165) is 40.6 Å². The van der Waals surface area contributed by atoms with Gasteiger partial charge in [0.1, 0.15) is 0 Å². The van der Waals surface area contributed by atoms with Crippen LogP contribution < -0.4 is 22.4 Å². The molecule has 0 saturated heterocycles. The molecule has 5 rings (SSSR count). The molecular formula is C24H29N7O5S. The van der Waals surface area contributed by atoms with Crippen molar-refractivity contribution in [2.24, 2.45) is 0 Å². The van der Waals surface area contributed by atoms with E-state index in [-0.39, 0.29) is 29.9 Å². The van der Waals surface area contributed by atoms with Crippen LogP contribution in [-0.2, 0) is 27.7 Å². The van der Waals surface area contributed by atoms with Gasteiger partial charge in [-0.2, -0.15) is 0 Å². The third-order valence-corrected chi connectivity index (χ3v) is 8.79. The van der Waals surface area contributed by atoms with Gasteiger partial charge in [0.2, 0.25) is 5.91 Å². The molecule has 1 fully saturated rings. The summed E-state index contributed by atoms with van der Waals surface area (Å²) in [5.41, 5.74) is 5.31. The maximum atomic E-state index is 13.2. The first-order valence-electron chi connectivity index (χ1n) is 12.2. The number of sulfone groups is 1. The number of aromatic amines is 1. The second-order valence-electron chi connectivity index (χ2n) is 9.43. The Balaban J connectivity index is 1.28. The van der Waals surface area contributed by atoms with Crippen LogP contribution in [0.1, 0.15) is 43.3 Å². The number of benzene rings is 1. The number of allylic oxidation sites excluding steroid dienone is 1. The second kappa shape index (κ2) is 9.88. The molecule has 1 atom stereocenters. The highest BCUT2D eigenvalue weighted by atomic mass is 32.2. The number of aromatic nitrogens is 5. The first-order valence-corrected chi connectivity index (χ1v) is 13.9. The van der Waals surface area contributed by atoms with Crippen molar-refractivity contribution in [2.75, 3.05) is 11.5 Å². The summed E-state index contributed by atoms with van der Waals surface area (Å²) in [4.78, 5) is 46.5. The van der Waals surface area contributed by atoms with Crippen molar-refractivity contribution < 1.29 is 13.2 Å². The predicted molar refractivity (Wildman–Crippen MR) is 136 cm³/mol. The molecule has 1 aliphatic carbocycles. The Bertz CT molecular complexity index is 1540. The molecule has 3 aromatic rings. The molecule has 2 aliphatic rings. The Morgan fingerprint density at radius 3 is 2.51 bits per heavy atom. The summed E-state index contributed by atoms with van der Waals surface area (Å²) in [7, 11) is -3.69. The quantitative estimate of drug-likeness (QED) is 0.377. The highest BCUT2D eigenvalue weighted by Crippen LogP contribution is 2.32. The largest absolute Gasteiger partial charge is 0.369 e. The van der Waals surface area contributed by atoms with E-state index in [1.54, 1.807) is 36.5 Å². The number of nitrogens with one attached hydrogen (secondary N) is 2. The van der Waals surface area contributed by atoms with Gasteiger partial charge in [-0.25, -0.2) is 36.9 Å². The molecule has 1 aromatic carbocycles. The van der Waals surface area contributed by atoms with Gasteiger partial charge in [0.25, 0.3) is 0 Å². The Morgan fingerprint density at radius 1 is 1.11 bits per heavy atom. The number of hydrogen-bond acceptors (Lipinski definition) is 7. The summed E-state index contributed by atoms with van der Waals surface area (Å²) >= 11 is 0. The van der Waals surface area contributed by atoms with Gasteiger partial charge in [-0.05, 0) is 37.8 Å². The van der Waals surface area contributed by atoms with Gasteiger partial charge in [0.15, 0.2) is 21.8 Å². The minimum Gasteiger partial charge on any atom is -0.369 e. The molecular weight excluding hydrogens is 498 g/mol. The molecule has 1 amide bonds. The van der Waals surface area contributed by atoms with E-state index in [2.05, 4.69) is 15.3 Å².